The van der Waals surface area contributed by atoms with Gasteiger partial charge in [0.05, 0.1) is 11.1 Å². The third-order valence-corrected chi connectivity index (χ3v) is 4.29. The number of non-ortho nitro benzene ring substituents is 1. The highest BCUT2D eigenvalue weighted by molar-refractivity contribution is 5.83. The van der Waals surface area contributed by atoms with Gasteiger partial charge in [-0.3, -0.25) is 14.9 Å². The average molecular weight is 398 g/mol. The summed E-state index contributed by atoms with van der Waals surface area (Å²) in [5.74, 6) is 0.474. The minimum Gasteiger partial charge on any atom is -0.467 e. The maximum Gasteiger partial charge on any atom is 0.278 e. The van der Waals surface area contributed by atoms with Gasteiger partial charge in [0.2, 0.25) is 11.8 Å². The molecule has 1 aromatic heterocycles. The van der Waals surface area contributed by atoms with Gasteiger partial charge in [-0.2, -0.15) is 10.1 Å². The van der Waals surface area contributed by atoms with Gasteiger partial charge in [0.15, 0.2) is 6.61 Å². The summed E-state index contributed by atoms with van der Waals surface area (Å²) in [5.41, 5.74) is 3.54. The number of nitrogens with zero attached hydrogens (tertiary/aromatic N) is 5. The first-order valence-electron chi connectivity index (χ1n) is 9.31. The molecule has 0 radical (unpaired) electrons. The van der Waals surface area contributed by atoms with Gasteiger partial charge in [0, 0.05) is 42.5 Å². The molecule has 2 heterocycles. The summed E-state index contributed by atoms with van der Waals surface area (Å²) in [6, 6.07) is 7.60. The first kappa shape index (κ1) is 20.2. The predicted molar refractivity (Wildman–Crippen MR) is 107 cm³/mol. The molecule has 1 aromatic carbocycles. The van der Waals surface area contributed by atoms with Crippen molar-refractivity contribution in [2.24, 2.45) is 5.10 Å². The zero-order valence-corrected chi connectivity index (χ0v) is 16.1. The lowest BCUT2D eigenvalue weighted by Crippen LogP contribution is -2.31. The van der Waals surface area contributed by atoms with Gasteiger partial charge in [0.1, 0.15) is 0 Å². The Bertz CT molecular complexity index is 911. The molecule has 29 heavy (non-hydrogen) atoms. The molecule has 0 aliphatic carbocycles. The molecule has 1 aliphatic heterocycles. The summed E-state index contributed by atoms with van der Waals surface area (Å²) < 4.78 is 5.48. The molecule has 1 amide bonds. The van der Waals surface area contributed by atoms with E-state index in [1.165, 1.54) is 24.8 Å². The molecule has 1 N–H and O–H groups in total. The smallest absolute Gasteiger partial charge is 0.278 e. The molecule has 0 unspecified atom stereocenters. The molecule has 0 spiro atoms. The minimum absolute atomic E-state index is 0.0488. The molecule has 2 aromatic rings. The van der Waals surface area contributed by atoms with Crippen molar-refractivity contribution in [3.05, 3.63) is 51.7 Å². The van der Waals surface area contributed by atoms with E-state index in [0.717, 1.165) is 31.6 Å². The number of carbonyl (C=O) groups is 1. The van der Waals surface area contributed by atoms with Crippen LogP contribution in [0.2, 0.25) is 0 Å². The molecule has 152 valence electrons. The van der Waals surface area contributed by atoms with E-state index in [1.807, 2.05) is 6.92 Å². The number of piperidine rings is 1. The van der Waals surface area contributed by atoms with Crippen LogP contribution in [-0.2, 0) is 4.79 Å². The Kier molecular flexibility index (Phi) is 6.67. The number of hydrazone groups is 1. The van der Waals surface area contributed by atoms with Gasteiger partial charge in [-0.1, -0.05) is 12.1 Å². The van der Waals surface area contributed by atoms with Crippen LogP contribution in [0.1, 0.15) is 30.5 Å². The first-order chi connectivity index (χ1) is 14.0. The summed E-state index contributed by atoms with van der Waals surface area (Å²) in [4.78, 5) is 33.2. The van der Waals surface area contributed by atoms with Crippen LogP contribution in [0, 0.1) is 17.0 Å². The van der Waals surface area contributed by atoms with E-state index in [2.05, 4.69) is 25.4 Å². The number of aryl methyl sites for hydroxylation is 1. The molecule has 3 rings (SSSR count). The van der Waals surface area contributed by atoms with Crippen molar-refractivity contribution in [1.29, 1.82) is 0 Å². The Morgan fingerprint density at radius 1 is 1.31 bits per heavy atom. The number of hydrogen-bond donors (Lipinski definition) is 1. The van der Waals surface area contributed by atoms with Gasteiger partial charge >= 0.3 is 0 Å². The molecule has 0 saturated carbocycles. The highest BCUT2D eigenvalue weighted by Gasteiger charge is 2.15. The van der Waals surface area contributed by atoms with E-state index in [0.29, 0.717) is 17.4 Å². The van der Waals surface area contributed by atoms with E-state index in [-0.39, 0.29) is 12.3 Å². The lowest BCUT2D eigenvalue weighted by molar-refractivity contribution is -0.384. The van der Waals surface area contributed by atoms with Gasteiger partial charge < -0.3 is 9.64 Å². The lowest BCUT2D eigenvalue weighted by Gasteiger charge is -2.26. The molecule has 1 fully saturated rings. The van der Waals surface area contributed by atoms with Crippen molar-refractivity contribution in [2.45, 2.75) is 26.2 Å². The normalized spacial score (nSPS) is 14.0. The number of aromatic nitrogens is 2. The number of amides is 1. The number of nitro groups is 1. The Morgan fingerprint density at radius 3 is 2.86 bits per heavy atom. The van der Waals surface area contributed by atoms with E-state index in [1.54, 1.807) is 18.2 Å². The fourth-order valence-electron chi connectivity index (χ4n) is 2.90. The third kappa shape index (κ3) is 5.96. The molecule has 1 saturated heterocycles. The fraction of sp³-hybridized carbons (Fsp3) is 0.368. The fourth-order valence-corrected chi connectivity index (χ4v) is 2.90. The van der Waals surface area contributed by atoms with E-state index < -0.39 is 10.8 Å². The Balaban J connectivity index is 1.53. The average Bonchev–Trinajstić information content (AvgIpc) is 2.73. The number of rotatable bonds is 7. The van der Waals surface area contributed by atoms with Gasteiger partial charge in [-0.05, 0) is 26.2 Å². The van der Waals surface area contributed by atoms with Gasteiger partial charge in [-0.15, -0.1) is 0 Å². The number of benzene rings is 1. The number of carbonyl (C=O) groups excluding carboxylic acids is 1. The van der Waals surface area contributed by atoms with E-state index in [9.17, 15) is 14.9 Å². The van der Waals surface area contributed by atoms with Crippen molar-refractivity contribution in [3.8, 4) is 5.88 Å². The lowest BCUT2D eigenvalue weighted by atomic mass is 10.1. The summed E-state index contributed by atoms with van der Waals surface area (Å²) >= 11 is 0. The van der Waals surface area contributed by atoms with Gasteiger partial charge in [0.25, 0.3) is 11.6 Å². The highest BCUT2D eigenvalue weighted by Crippen LogP contribution is 2.19. The second-order valence-electron chi connectivity index (χ2n) is 6.63. The van der Waals surface area contributed by atoms with Crippen LogP contribution in [0.25, 0.3) is 0 Å². The Morgan fingerprint density at radius 2 is 2.10 bits per heavy atom. The summed E-state index contributed by atoms with van der Waals surface area (Å²) in [6.45, 7) is 3.42. The van der Waals surface area contributed by atoms with Crippen molar-refractivity contribution in [1.82, 2.24) is 15.4 Å². The standard InChI is InChI=1S/C19H22N6O4/c1-14-10-18(22-19(21-14)24-8-3-2-4-9-24)29-13-17(26)23-20-12-15-6-5-7-16(11-15)25(27)28/h5-7,10-12H,2-4,8-9,13H2,1H3,(H,23,26). The largest absolute Gasteiger partial charge is 0.467 e. The summed E-state index contributed by atoms with van der Waals surface area (Å²) in [6.07, 6.45) is 4.76. The molecule has 0 atom stereocenters. The number of nitro benzene ring substituents is 1. The zero-order chi connectivity index (χ0) is 20.6. The van der Waals surface area contributed by atoms with Crippen LogP contribution in [0.15, 0.2) is 35.4 Å². The van der Waals surface area contributed by atoms with E-state index >= 15 is 0 Å². The van der Waals surface area contributed by atoms with Crippen molar-refractivity contribution >= 4 is 23.8 Å². The molecule has 10 nitrogen and oxygen atoms in total. The maximum atomic E-state index is 11.9. The number of nitrogens with one attached hydrogen (secondary N) is 1. The van der Waals surface area contributed by atoms with Crippen LogP contribution in [0.5, 0.6) is 5.88 Å². The third-order valence-electron chi connectivity index (χ3n) is 4.29. The van der Waals surface area contributed by atoms with Crippen LogP contribution < -0.4 is 15.1 Å². The predicted octanol–water partition coefficient (Wildman–Crippen LogP) is 2.21. The summed E-state index contributed by atoms with van der Waals surface area (Å²) in [5, 5.41) is 14.6. The van der Waals surface area contributed by atoms with Crippen molar-refractivity contribution in [3.63, 3.8) is 0 Å². The zero-order valence-electron chi connectivity index (χ0n) is 16.1. The van der Waals surface area contributed by atoms with Crippen LogP contribution in [-0.4, -0.2) is 46.7 Å². The van der Waals surface area contributed by atoms with Gasteiger partial charge in [-0.25, -0.2) is 10.4 Å². The minimum atomic E-state index is -0.494. The first-order valence-corrected chi connectivity index (χ1v) is 9.31. The second-order valence-corrected chi connectivity index (χ2v) is 6.63. The highest BCUT2D eigenvalue weighted by atomic mass is 16.6. The van der Waals surface area contributed by atoms with Crippen molar-refractivity contribution < 1.29 is 14.5 Å². The van der Waals surface area contributed by atoms with Crippen LogP contribution >= 0.6 is 0 Å². The molecule has 0 bridgehead atoms. The number of anilines is 1. The molecular formula is C19H22N6O4. The van der Waals surface area contributed by atoms with Crippen molar-refractivity contribution in [2.75, 3.05) is 24.6 Å². The molecular weight excluding hydrogens is 376 g/mol. The summed E-state index contributed by atoms with van der Waals surface area (Å²) in [7, 11) is 0. The molecule has 1 aliphatic rings. The topological polar surface area (TPSA) is 123 Å². The van der Waals surface area contributed by atoms with Crippen LogP contribution in [0.4, 0.5) is 11.6 Å². The monoisotopic (exact) mass is 398 g/mol. The second kappa shape index (κ2) is 9.58. The Hall–Kier alpha value is -3.56. The quantitative estimate of drug-likeness (QED) is 0.431. The van der Waals surface area contributed by atoms with E-state index in [4.69, 9.17) is 4.74 Å². The Labute approximate surface area is 167 Å². The number of hydrogen-bond acceptors (Lipinski definition) is 8. The van der Waals surface area contributed by atoms with Crippen LogP contribution in [0.3, 0.4) is 0 Å². The SMILES string of the molecule is Cc1cc(OCC(=O)NN=Cc2cccc([N+](=O)[O-])c2)nc(N2CCCCC2)n1. The number of ether oxygens (including phenoxy) is 1. The maximum absolute atomic E-state index is 11.9. The molecule has 10 heteroatoms.